The maximum absolute atomic E-state index is 6.94. The molecular formula is C38H43NSiTi-4. The number of allylic oxidation sites excluding steroid dienone is 2. The second kappa shape index (κ2) is 20.7. The van der Waals surface area contributed by atoms with E-state index in [9.17, 15) is 0 Å². The van der Waals surface area contributed by atoms with E-state index in [1.165, 1.54) is 38.6 Å². The van der Waals surface area contributed by atoms with Gasteiger partial charge in [0.15, 0.2) is 0 Å². The molecule has 0 aromatic heterocycles. The predicted octanol–water partition coefficient (Wildman–Crippen LogP) is 11.3. The number of rotatable bonds is 4. The van der Waals surface area contributed by atoms with Gasteiger partial charge in [-0.2, -0.15) is 6.07 Å². The molecule has 5 aromatic rings. The van der Waals surface area contributed by atoms with Crippen LogP contribution in [0.2, 0.25) is 0 Å². The van der Waals surface area contributed by atoms with Crippen molar-refractivity contribution in [3.8, 4) is 11.1 Å². The summed E-state index contributed by atoms with van der Waals surface area (Å²) in [6, 6.07) is 42.1. The summed E-state index contributed by atoms with van der Waals surface area (Å²) in [6.07, 6.45) is 8.31. The summed E-state index contributed by atoms with van der Waals surface area (Å²) in [7, 11) is 2.97. The molecule has 5 aromatic carbocycles. The number of fused-ring (bicyclic) bond motifs is 1. The molecule has 0 spiro atoms. The van der Waals surface area contributed by atoms with E-state index in [0.29, 0.717) is 0 Å². The van der Waals surface area contributed by atoms with Crippen LogP contribution in [0.4, 0.5) is 0 Å². The monoisotopic (exact) mass is 589 g/mol. The van der Waals surface area contributed by atoms with Gasteiger partial charge in [0.2, 0.25) is 0 Å². The fourth-order valence-corrected chi connectivity index (χ4v) is 3.72. The van der Waals surface area contributed by atoms with Gasteiger partial charge < -0.3 is 20.6 Å². The summed E-state index contributed by atoms with van der Waals surface area (Å²) in [5.41, 5.74) is 13.1. The van der Waals surface area contributed by atoms with E-state index < -0.39 is 0 Å². The van der Waals surface area contributed by atoms with Gasteiger partial charge in [-0.3, -0.25) is 0 Å². The van der Waals surface area contributed by atoms with E-state index >= 15 is 0 Å². The van der Waals surface area contributed by atoms with Gasteiger partial charge >= 0.3 is 26.8 Å². The van der Waals surface area contributed by atoms with E-state index in [1.54, 1.807) is 19.2 Å². The Kier molecular flexibility index (Phi) is 19.1. The molecule has 41 heavy (non-hydrogen) atoms. The molecule has 0 amide bonds. The second-order valence-electron chi connectivity index (χ2n) is 10.00. The molecule has 0 saturated carbocycles. The van der Waals surface area contributed by atoms with E-state index in [-0.39, 0.29) is 20.4 Å². The molecule has 5 rings (SSSR count). The molecule has 0 atom stereocenters. The zero-order valence-corrected chi connectivity index (χ0v) is 27.9. The summed E-state index contributed by atoms with van der Waals surface area (Å²) in [5, 5.41) is 2.69. The summed E-state index contributed by atoms with van der Waals surface area (Å²) in [4.78, 5) is 0. The molecule has 2 radical (unpaired) electrons. The van der Waals surface area contributed by atoms with Gasteiger partial charge in [-0.1, -0.05) is 155 Å². The standard InChI is InChI=1S/C16H13.C16H14.C4H10N.2CH3.Si.Ti/c1-12-10-14-8-5-9-15(16(14)11-12)13-6-3-2-4-7-13;1-3-9-15(10-4-1)13-7-8-14-16-11-5-2-6-12-16;1-4(2,3)5;;;;/h2-11H,1H3;1-14H;5H,1-3H3;2*1H3;;/q-1;;3*-1;;. The van der Waals surface area contributed by atoms with E-state index in [4.69, 9.17) is 5.73 Å². The van der Waals surface area contributed by atoms with Gasteiger partial charge in [0.05, 0.1) is 0 Å². The van der Waals surface area contributed by atoms with Crippen LogP contribution in [0.5, 0.6) is 0 Å². The third kappa shape index (κ3) is 15.4. The van der Waals surface area contributed by atoms with Crippen molar-refractivity contribution in [2.24, 2.45) is 0 Å². The van der Waals surface area contributed by atoms with Crippen LogP contribution in [0, 0.1) is 21.8 Å². The van der Waals surface area contributed by atoms with Crippen molar-refractivity contribution in [3.63, 3.8) is 0 Å². The number of hydrogen-bond donors (Lipinski definition) is 0. The van der Waals surface area contributed by atoms with E-state index in [0.717, 1.165) is 0 Å². The first-order valence-electron chi connectivity index (χ1n) is 13.0. The maximum atomic E-state index is 6.94. The van der Waals surface area contributed by atoms with Crippen LogP contribution < -0.4 is 0 Å². The zero-order valence-electron chi connectivity index (χ0n) is 25.4. The first kappa shape index (κ1) is 37.9. The van der Waals surface area contributed by atoms with Gasteiger partial charge in [0.25, 0.3) is 0 Å². The fourth-order valence-electron chi connectivity index (χ4n) is 3.72. The molecule has 1 nitrogen and oxygen atoms in total. The van der Waals surface area contributed by atoms with Crippen LogP contribution >= 0.6 is 0 Å². The molecule has 0 aliphatic carbocycles. The third-order valence-corrected chi connectivity index (χ3v) is 5.27. The number of aryl methyl sites for hydroxylation is 1. The van der Waals surface area contributed by atoms with Crippen LogP contribution in [0.25, 0.3) is 39.8 Å². The van der Waals surface area contributed by atoms with Gasteiger partial charge in [-0.15, -0.1) is 40.1 Å². The average Bonchev–Trinajstić information content (AvgIpc) is 3.34. The molecule has 0 heterocycles. The quantitative estimate of drug-likeness (QED) is 0.113. The van der Waals surface area contributed by atoms with Gasteiger partial charge in [-0.25, -0.2) is 0 Å². The van der Waals surface area contributed by atoms with E-state index in [1.807, 2.05) is 57.2 Å². The Bertz CT molecular complexity index is 1360. The third-order valence-electron chi connectivity index (χ3n) is 5.27. The fraction of sp³-hybridized carbons (Fsp3) is 0.132. The molecule has 0 unspecified atom stereocenters. The Labute approximate surface area is 263 Å². The van der Waals surface area contributed by atoms with E-state index in [2.05, 4.69) is 124 Å². The summed E-state index contributed by atoms with van der Waals surface area (Å²) >= 11 is 1.81. The average molecular weight is 590 g/mol. The normalized spacial score (nSPS) is 10.1. The first-order chi connectivity index (χ1) is 18.8. The topological polar surface area (TPSA) is 23.8 Å². The van der Waals surface area contributed by atoms with Crippen molar-refractivity contribution in [1.29, 1.82) is 0 Å². The predicted molar refractivity (Wildman–Crippen MR) is 183 cm³/mol. The minimum absolute atomic E-state index is 0. The minimum atomic E-state index is -0.250. The van der Waals surface area contributed by atoms with Crippen molar-refractivity contribution >= 4 is 30.6 Å². The SMILES string of the molecule is C(C=Cc1ccccc1)=Cc1ccccc1.CC(C)(C)[NH-].Cc1cc2c(-c3ccccc3)cccc2[cH-]1.[CH3-].[CH3-].[Si]=[Ti]. The molecule has 3 heteroatoms. The zero-order chi connectivity index (χ0) is 28.5. The number of nitrogens with one attached hydrogen (secondary N) is 1. The molecule has 0 fully saturated rings. The molecule has 0 bridgehead atoms. The first-order valence-corrected chi connectivity index (χ1v) is 15.8. The van der Waals surface area contributed by atoms with Crippen molar-refractivity contribution in [1.82, 2.24) is 0 Å². The van der Waals surface area contributed by atoms with Gasteiger partial charge in [0.1, 0.15) is 0 Å². The van der Waals surface area contributed by atoms with Crippen LogP contribution in [0.1, 0.15) is 37.5 Å². The van der Waals surface area contributed by atoms with Crippen LogP contribution in [-0.4, -0.2) is 13.2 Å². The Morgan fingerprint density at radius 1 is 0.659 bits per heavy atom. The molecule has 0 saturated heterocycles. The van der Waals surface area contributed by atoms with Crippen molar-refractivity contribution in [3.05, 3.63) is 171 Å². The summed E-state index contributed by atoms with van der Waals surface area (Å²) < 4.78 is 0. The summed E-state index contributed by atoms with van der Waals surface area (Å²) in [5.74, 6) is 0. The molecule has 0 aliphatic heterocycles. The van der Waals surface area contributed by atoms with Crippen molar-refractivity contribution in [2.45, 2.75) is 33.2 Å². The second-order valence-corrected chi connectivity index (χ2v) is 10.00. The molecular weight excluding hydrogens is 546 g/mol. The van der Waals surface area contributed by atoms with Gasteiger partial charge in [-0.05, 0) is 16.7 Å². The van der Waals surface area contributed by atoms with Crippen LogP contribution in [0.15, 0.2) is 133 Å². The number of hydrogen-bond acceptors (Lipinski definition) is 0. The number of benzene rings is 4. The Morgan fingerprint density at radius 2 is 1.07 bits per heavy atom. The van der Waals surface area contributed by atoms with Crippen molar-refractivity contribution in [2.75, 3.05) is 0 Å². The Morgan fingerprint density at radius 3 is 1.51 bits per heavy atom. The van der Waals surface area contributed by atoms with Gasteiger partial charge in [0, 0.05) is 0 Å². The van der Waals surface area contributed by atoms with Crippen LogP contribution in [0.3, 0.4) is 0 Å². The summed E-state index contributed by atoms with van der Waals surface area (Å²) in [6.45, 7) is 7.71. The Hall–Kier alpha value is -3.14. The molecule has 212 valence electrons. The van der Waals surface area contributed by atoms with Crippen molar-refractivity contribution < 1.29 is 19.2 Å². The molecule has 0 aliphatic rings. The molecule has 1 N–H and O–H groups in total. The Balaban J connectivity index is 0.000000615. The van der Waals surface area contributed by atoms with Crippen LogP contribution in [-0.2, 0) is 19.2 Å².